The topological polar surface area (TPSA) is 12.5 Å². The standard InChI is InChI=1S/C21H23NO/c1-3-9-19(10-4-1)11-7-8-14-21(20-12-5-2-6-13-20)22-15-17-23-18-16-22/h1-14,21H,15-18H2. The van der Waals surface area contributed by atoms with Gasteiger partial charge >= 0.3 is 0 Å². The van der Waals surface area contributed by atoms with Gasteiger partial charge in [-0.1, -0.05) is 85.0 Å². The summed E-state index contributed by atoms with van der Waals surface area (Å²) in [6.07, 6.45) is 8.68. The van der Waals surface area contributed by atoms with Crippen molar-refractivity contribution >= 4 is 6.08 Å². The molecule has 0 bridgehead atoms. The van der Waals surface area contributed by atoms with Crippen molar-refractivity contribution in [2.45, 2.75) is 6.04 Å². The molecular formula is C21H23NO. The third kappa shape index (κ3) is 4.65. The molecule has 3 rings (SSSR count). The van der Waals surface area contributed by atoms with E-state index in [1.807, 2.05) is 6.07 Å². The molecular weight excluding hydrogens is 282 g/mol. The molecule has 0 spiro atoms. The summed E-state index contributed by atoms with van der Waals surface area (Å²) in [5.41, 5.74) is 2.55. The van der Waals surface area contributed by atoms with Crippen LogP contribution in [0.1, 0.15) is 17.2 Å². The highest BCUT2D eigenvalue weighted by molar-refractivity contribution is 5.50. The van der Waals surface area contributed by atoms with Gasteiger partial charge in [0.25, 0.3) is 0 Å². The van der Waals surface area contributed by atoms with Crippen molar-refractivity contribution in [3.63, 3.8) is 0 Å². The molecule has 0 N–H and O–H groups in total. The first-order valence-electron chi connectivity index (χ1n) is 8.20. The Labute approximate surface area is 138 Å². The molecule has 1 atom stereocenters. The molecule has 0 radical (unpaired) electrons. The number of benzene rings is 2. The van der Waals surface area contributed by atoms with Gasteiger partial charge in [-0.2, -0.15) is 0 Å². The van der Waals surface area contributed by atoms with E-state index in [0.29, 0.717) is 6.04 Å². The molecule has 0 amide bonds. The number of ether oxygens (including phenoxy) is 1. The van der Waals surface area contributed by atoms with Gasteiger partial charge in [0.05, 0.1) is 19.3 Å². The van der Waals surface area contributed by atoms with E-state index >= 15 is 0 Å². The quantitative estimate of drug-likeness (QED) is 0.762. The van der Waals surface area contributed by atoms with Crippen LogP contribution in [0.25, 0.3) is 6.08 Å². The lowest BCUT2D eigenvalue weighted by Gasteiger charge is -2.33. The van der Waals surface area contributed by atoms with Crippen molar-refractivity contribution in [3.05, 3.63) is 90.0 Å². The smallest absolute Gasteiger partial charge is 0.0594 e. The van der Waals surface area contributed by atoms with E-state index in [9.17, 15) is 0 Å². The third-order valence-corrected chi connectivity index (χ3v) is 4.07. The second-order valence-electron chi connectivity index (χ2n) is 5.66. The van der Waals surface area contributed by atoms with E-state index in [1.54, 1.807) is 0 Å². The van der Waals surface area contributed by atoms with E-state index in [1.165, 1.54) is 11.1 Å². The van der Waals surface area contributed by atoms with Gasteiger partial charge in [0, 0.05) is 13.1 Å². The molecule has 0 aliphatic carbocycles. The monoisotopic (exact) mass is 305 g/mol. The Bertz CT molecular complexity index is 627. The van der Waals surface area contributed by atoms with Crippen LogP contribution in [0.3, 0.4) is 0 Å². The van der Waals surface area contributed by atoms with Crippen molar-refractivity contribution in [2.24, 2.45) is 0 Å². The van der Waals surface area contributed by atoms with E-state index in [0.717, 1.165) is 26.3 Å². The molecule has 1 saturated heterocycles. The van der Waals surface area contributed by atoms with Crippen molar-refractivity contribution in [3.8, 4) is 0 Å². The van der Waals surface area contributed by atoms with Gasteiger partial charge in [-0.25, -0.2) is 0 Å². The lowest BCUT2D eigenvalue weighted by Crippen LogP contribution is -2.38. The first-order chi connectivity index (χ1) is 11.4. The summed E-state index contributed by atoms with van der Waals surface area (Å²) in [6, 6.07) is 21.4. The molecule has 2 heteroatoms. The number of allylic oxidation sites excluding steroid dienone is 2. The normalized spacial score (nSPS) is 17.7. The van der Waals surface area contributed by atoms with Gasteiger partial charge < -0.3 is 4.74 Å². The van der Waals surface area contributed by atoms with Crippen LogP contribution in [-0.2, 0) is 4.74 Å². The minimum Gasteiger partial charge on any atom is -0.379 e. The van der Waals surface area contributed by atoms with Crippen LogP contribution in [0.4, 0.5) is 0 Å². The van der Waals surface area contributed by atoms with Gasteiger partial charge in [-0.15, -0.1) is 0 Å². The highest BCUT2D eigenvalue weighted by atomic mass is 16.5. The molecule has 1 heterocycles. The van der Waals surface area contributed by atoms with Crippen molar-refractivity contribution in [2.75, 3.05) is 26.3 Å². The Balaban J connectivity index is 1.73. The average molecular weight is 305 g/mol. The highest BCUT2D eigenvalue weighted by Gasteiger charge is 2.19. The van der Waals surface area contributed by atoms with Crippen molar-refractivity contribution in [1.29, 1.82) is 0 Å². The van der Waals surface area contributed by atoms with Gasteiger partial charge in [0.1, 0.15) is 0 Å². The summed E-state index contributed by atoms with van der Waals surface area (Å²) < 4.78 is 5.49. The lowest BCUT2D eigenvalue weighted by molar-refractivity contribution is 0.0253. The van der Waals surface area contributed by atoms with Crippen LogP contribution in [0.2, 0.25) is 0 Å². The van der Waals surface area contributed by atoms with E-state index < -0.39 is 0 Å². The highest BCUT2D eigenvalue weighted by Crippen LogP contribution is 2.23. The number of rotatable bonds is 5. The fraction of sp³-hybridized carbons (Fsp3) is 0.238. The Hall–Kier alpha value is -2.16. The number of morpholine rings is 1. The maximum Gasteiger partial charge on any atom is 0.0594 e. The van der Waals surface area contributed by atoms with Crippen molar-refractivity contribution in [1.82, 2.24) is 4.90 Å². The fourth-order valence-electron chi connectivity index (χ4n) is 2.85. The third-order valence-electron chi connectivity index (χ3n) is 4.07. The molecule has 118 valence electrons. The predicted molar refractivity (Wildman–Crippen MR) is 96.2 cm³/mol. The van der Waals surface area contributed by atoms with Gasteiger partial charge in [0.2, 0.25) is 0 Å². The zero-order valence-corrected chi connectivity index (χ0v) is 13.3. The Morgan fingerprint density at radius 3 is 2.17 bits per heavy atom. The maximum atomic E-state index is 5.49. The lowest BCUT2D eigenvalue weighted by atomic mass is 10.0. The Kier molecular flexibility index (Phi) is 5.79. The molecule has 1 unspecified atom stereocenters. The molecule has 0 aromatic heterocycles. The molecule has 1 fully saturated rings. The minimum atomic E-state index is 0.306. The number of hydrogen-bond acceptors (Lipinski definition) is 2. The van der Waals surface area contributed by atoms with Gasteiger partial charge in [0.15, 0.2) is 0 Å². The summed E-state index contributed by atoms with van der Waals surface area (Å²) in [4.78, 5) is 2.48. The predicted octanol–water partition coefficient (Wildman–Crippen LogP) is 4.33. The molecule has 2 nitrogen and oxygen atoms in total. The SMILES string of the molecule is C(C=CC(c1ccccc1)N1CCOCC1)=Cc1ccccc1. The van der Waals surface area contributed by atoms with Gasteiger partial charge in [-0.05, 0) is 11.1 Å². The Morgan fingerprint density at radius 2 is 1.48 bits per heavy atom. The maximum absolute atomic E-state index is 5.49. The van der Waals surface area contributed by atoms with E-state index in [2.05, 4.69) is 83.8 Å². The summed E-state index contributed by atoms with van der Waals surface area (Å²) >= 11 is 0. The van der Waals surface area contributed by atoms with Crippen LogP contribution < -0.4 is 0 Å². The summed E-state index contributed by atoms with van der Waals surface area (Å²) in [5, 5.41) is 0. The van der Waals surface area contributed by atoms with Crippen LogP contribution in [0.15, 0.2) is 78.9 Å². The summed E-state index contributed by atoms with van der Waals surface area (Å²) in [6.45, 7) is 3.59. The van der Waals surface area contributed by atoms with Crippen molar-refractivity contribution < 1.29 is 4.74 Å². The van der Waals surface area contributed by atoms with E-state index in [4.69, 9.17) is 4.74 Å². The molecule has 23 heavy (non-hydrogen) atoms. The van der Waals surface area contributed by atoms with Crippen LogP contribution in [-0.4, -0.2) is 31.2 Å². The summed E-state index contributed by atoms with van der Waals surface area (Å²) in [5.74, 6) is 0. The van der Waals surface area contributed by atoms with Crippen LogP contribution in [0.5, 0.6) is 0 Å². The molecule has 2 aromatic carbocycles. The van der Waals surface area contributed by atoms with Gasteiger partial charge in [-0.3, -0.25) is 4.90 Å². The fourth-order valence-corrected chi connectivity index (χ4v) is 2.85. The summed E-state index contributed by atoms with van der Waals surface area (Å²) in [7, 11) is 0. The first-order valence-corrected chi connectivity index (χ1v) is 8.20. The second-order valence-corrected chi connectivity index (χ2v) is 5.66. The zero-order chi connectivity index (χ0) is 15.7. The molecule has 0 saturated carbocycles. The average Bonchev–Trinajstić information content (AvgIpc) is 2.64. The molecule has 1 aliphatic heterocycles. The number of hydrogen-bond donors (Lipinski definition) is 0. The first kappa shape index (κ1) is 15.7. The second kappa shape index (κ2) is 8.47. The molecule has 2 aromatic rings. The largest absolute Gasteiger partial charge is 0.379 e. The molecule has 1 aliphatic rings. The number of nitrogens with zero attached hydrogens (tertiary/aromatic N) is 1. The zero-order valence-electron chi connectivity index (χ0n) is 13.3. The van der Waals surface area contributed by atoms with E-state index in [-0.39, 0.29) is 0 Å². The Morgan fingerprint density at radius 1 is 0.826 bits per heavy atom. The van der Waals surface area contributed by atoms with Crippen LogP contribution in [0, 0.1) is 0 Å². The minimum absolute atomic E-state index is 0.306. The van der Waals surface area contributed by atoms with Crippen LogP contribution >= 0.6 is 0 Å².